The number of halogens is 1. The second-order valence-electron chi connectivity index (χ2n) is 4.48. The van der Waals surface area contributed by atoms with Gasteiger partial charge in [0, 0.05) is 10.6 Å². The zero-order valence-electron chi connectivity index (χ0n) is 11.4. The fourth-order valence-electron chi connectivity index (χ4n) is 1.88. The van der Waals surface area contributed by atoms with Gasteiger partial charge < -0.3 is 10.1 Å². The van der Waals surface area contributed by atoms with Crippen LogP contribution in [0.4, 0.5) is 0 Å². The molecule has 0 spiro atoms. The minimum absolute atomic E-state index is 0.0917. The topological polar surface area (TPSA) is 38.3 Å². The van der Waals surface area contributed by atoms with Crippen LogP contribution >= 0.6 is 11.6 Å². The molecule has 3 nitrogen and oxygen atoms in total. The molecule has 2 aromatic rings. The van der Waals surface area contributed by atoms with E-state index in [0.29, 0.717) is 16.3 Å². The van der Waals surface area contributed by atoms with Crippen molar-refractivity contribution in [3.8, 4) is 5.75 Å². The first-order valence-corrected chi connectivity index (χ1v) is 6.68. The number of carbonyl (C=O) groups excluding carboxylic acids is 1. The first-order valence-electron chi connectivity index (χ1n) is 6.30. The van der Waals surface area contributed by atoms with Gasteiger partial charge in [-0.3, -0.25) is 4.79 Å². The average Bonchev–Trinajstić information content (AvgIpc) is 2.47. The molecule has 1 N–H and O–H groups in total. The van der Waals surface area contributed by atoms with Crippen molar-refractivity contribution in [1.82, 2.24) is 5.32 Å². The molecule has 0 fully saturated rings. The lowest BCUT2D eigenvalue weighted by molar-refractivity contribution is 0.0939. The van der Waals surface area contributed by atoms with Crippen molar-refractivity contribution in [2.75, 3.05) is 7.11 Å². The number of amides is 1. The van der Waals surface area contributed by atoms with Crippen molar-refractivity contribution in [2.45, 2.75) is 13.0 Å². The highest BCUT2D eigenvalue weighted by Crippen LogP contribution is 2.17. The van der Waals surface area contributed by atoms with Crippen LogP contribution in [-0.2, 0) is 0 Å². The fraction of sp³-hybridized carbons (Fsp3) is 0.188. The van der Waals surface area contributed by atoms with Crippen LogP contribution in [0.3, 0.4) is 0 Å². The van der Waals surface area contributed by atoms with E-state index in [4.69, 9.17) is 16.3 Å². The van der Waals surface area contributed by atoms with E-state index in [1.165, 1.54) is 0 Å². The van der Waals surface area contributed by atoms with Crippen molar-refractivity contribution in [3.05, 3.63) is 64.7 Å². The standard InChI is InChI=1S/C16H16ClNO2/c1-11(12-6-8-14(17)9-7-12)18-16(19)13-4-3-5-15(10-13)20-2/h3-11H,1-2H3,(H,18,19)/t11-/m1/s1. The third-order valence-corrected chi connectivity index (χ3v) is 3.30. The molecule has 0 bridgehead atoms. The summed E-state index contributed by atoms with van der Waals surface area (Å²) < 4.78 is 5.11. The smallest absolute Gasteiger partial charge is 0.251 e. The predicted octanol–water partition coefficient (Wildman–Crippen LogP) is 3.84. The Morgan fingerprint density at radius 1 is 1.20 bits per heavy atom. The third-order valence-electron chi connectivity index (χ3n) is 3.05. The summed E-state index contributed by atoms with van der Waals surface area (Å²) >= 11 is 5.85. The molecule has 0 aliphatic rings. The highest BCUT2D eigenvalue weighted by atomic mass is 35.5. The van der Waals surface area contributed by atoms with Crippen LogP contribution < -0.4 is 10.1 Å². The Bertz CT molecular complexity index is 596. The summed E-state index contributed by atoms with van der Waals surface area (Å²) in [5.41, 5.74) is 1.58. The number of nitrogens with one attached hydrogen (secondary N) is 1. The normalized spacial score (nSPS) is 11.8. The maximum absolute atomic E-state index is 12.2. The number of carbonyl (C=O) groups is 1. The van der Waals surface area contributed by atoms with Crippen molar-refractivity contribution < 1.29 is 9.53 Å². The van der Waals surface area contributed by atoms with Gasteiger partial charge in [-0.05, 0) is 42.8 Å². The molecule has 1 atom stereocenters. The number of ether oxygens (including phenoxy) is 1. The van der Waals surface area contributed by atoms with Crippen molar-refractivity contribution in [3.63, 3.8) is 0 Å². The molecule has 0 heterocycles. The van der Waals surface area contributed by atoms with Crippen molar-refractivity contribution in [2.24, 2.45) is 0 Å². The van der Waals surface area contributed by atoms with E-state index < -0.39 is 0 Å². The average molecular weight is 290 g/mol. The summed E-state index contributed by atoms with van der Waals surface area (Å²) in [6, 6.07) is 14.4. The van der Waals surface area contributed by atoms with E-state index in [-0.39, 0.29) is 11.9 Å². The lowest BCUT2D eigenvalue weighted by Crippen LogP contribution is -2.26. The maximum atomic E-state index is 12.2. The Balaban J connectivity index is 2.08. The van der Waals surface area contributed by atoms with Gasteiger partial charge >= 0.3 is 0 Å². The Labute approximate surface area is 123 Å². The SMILES string of the molecule is COc1cccc(C(=O)N[C@H](C)c2ccc(Cl)cc2)c1. The number of hydrogen-bond donors (Lipinski definition) is 1. The summed E-state index contributed by atoms with van der Waals surface area (Å²) in [6.07, 6.45) is 0. The van der Waals surface area contributed by atoms with Gasteiger partial charge in [0.05, 0.1) is 13.2 Å². The van der Waals surface area contributed by atoms with E-state index in [0.717, 1.165) is 5.56 Å². The van der Waals surface area contributed by atoms with Gasteiger partial charge in [0.25, 0.3) is 5.91 Å². The molecule has 0 aliphatic heterocycles. The molecule has 2 aromatic carbocycles. The molecule has 0 unspecified atom stereocenters. The van der Waals surface area contributed by atoms with E-state index in [9.17, 15) is 4.79 Å². The van der Waals surface area contributed by atoms with Crippen LogP contribution in [0.25, 0.3) is 0 Å². The lowest BCUT2D eigenvalue weighted by Gasteiger charge is -2.14. The molecule has 0 aliphatic carbocycles. The number of benzene rings is 2. The molecule has 0 aromatic heterocycles. The minimum atomic E-state index is -0.133. The Kier molecular flexibility index (Phi) is 4.64. The summed E-state index contributed by atoms with van der Waals surface area (Å²) in [4.78, 5) is 12.2. The maximum Gasteiger partial charge on any atom is 0.251 e. The predicted molar refractivity (Wildman–Crippen MR) is 80.3 cm³/mol. The fourth-order valence-corrected chi connectivity index (χ4v) is 2.01. The van der Waals surface area contributed by atoms with Crippen LogP contribution in [0.2, 0.25) is 5.02 Å². The molecular weight excluding hydrogens is 274 g/mol. The van der Waals surface area contributed by atoms with E-state index in [1.54, 1.807) is 31.4 Å². The molecule has 104 valence electrons. The van der Waals surface area contributed by atoms with Crippen LogP contribution in [0.15, 0.2) is 48.5 Å². The van der Waals surface area contributed by atoms with Gasteiger partial charge in [-0.15, -0.1) is 0 Å². The Morgan fingerprint density at radius 3 is 2.55 bits per heavy atom. The first kappa shape index (κ1) is 14.4. The van der Waals surface area contributed by atoms with Crippen molar-refractivity contribution in [1.29, 1.82) is 0 Å². The second-order valence-corrected chi connectivity index (χ2v) is 4.92. The third kappa shape index (κ3) is 3.52. The summed E-state index contributed by atoms with van der Waals surface area (Å²) in [5, 5.41) is 3.63. The van der Waals surface area contributed by atoms with Crippen LogP contribution in [-0.4, -0.2) is 13.0 Å². The summed E-state index contributed by atoms with van der Waals surface area (Å²) in [6.45, 7) is 1.93. The molecule has 4 heteroatoms. The molecule has 0 radical (unpaired) electrons. The van der Waals surface area contributed by atoms with E-state index in [2.05, 4.69) is 5.32 Å². The summed E-state index contributed by atoms with van der Waals surface area (Å²) in [5.74, 6) is 0.531. The van der Waals surface area contributed by atoms with Gasteiger partial charge in [0.1, 0.15) is 5.75 Å². The highest BCUT2D eigenvalue weighted by molar-refractivity contribution is 6.30. The van der Waals surface area contributed by atoms with Gasteiger partial charge in [0.2, 0.25) is 0 Å². The molecule has 1 amide bonds. The van der Waals surface area contributed by atoms with Gasteiger partial charge in [0.15, 0.2) is 0 Å². The zero-order valence-corrected chi connectivity index (χ0v) is 12.1. The monoisotopic (exact) mass is 289 g/mol. The Morgan fingerprint density at radius 2 is 1.90 bits per heavy atom. The molecule has 20 heavy (non-hydrogen) atoms. The van der Waals surface area contributed by atoms with Crippen LogP contribution in [0, 0.1) is 0 Å². The Hall–Kier alpha value is -2.00. The number of rotatable bonds is 4. The molecule has 2 rings (SSSR count). The van der Waals surface area contributed by atoms with Crippen molar-refractivity contribution >= 4 is 17.5 Å². The number of hydrogen-bond acceptors (Lipinski definition) is 2. The van der Waals surface area contributed by atoms with Crippen LogP contribution in [0.5, 0.6) is 5.75 Å². The molecule has 0 saturated carbocycles. The highest BCUT2D eigenvalue weighted by Gasteiger charge is 2.11. The zero-order chi connectivity index (χ0) is 14.5. The molecule has 0 saturated heterocycles. The second kappa shape index (κ2) is 6.44. The van der Waals surface area contributed by atoms with Crippen LogP contribution in [0.1, 0.15) is 28.9 Å². The summed E-state index contributed by atoms with van der Waals surface area (Å²) in [7, 11) is 1.58. The minimum Gasteiger partial charge on any atom is -0.497 e. The van der Waals surface area contributed by atoms with Gasteiger partial charge in [-0.25, -0.2) is 0 Å². The van der Waals surface area contributed by atoms with Gasteiger partial charge in [-0.2, -0.15) is 0 Å². The van der Waals surface area contributed by atoms with E-state index >= 15 is 0 Å². The largest absolute Gasteiger partial charge is 0.497 e. The molecular formula is C16H16ClNO2. The van der Waals surface area contributed by atoms with Gasteiger partial charge in [-0.1, -0.05) is 29.8 Å². The van der Waals surface area contributed by atoms with E-state index in [1.807, 2.05) is 31.2 Å². The quantitative estimate of drug-likeness (QED) is 0.929. The number of methoxy groups -OCH3 is 1. The lowest BCUT2D eigenvalue weighted by atomic mass is 10.1. The first-order chi connectivity index (χ1) is 9.60.